The number of benzene rings is 2. The summed E-state index contributed by atoms with van der Waals surface area (Å²) in [6, 6.07) is 14.9. The first-order valence-electron chi connectivity index (χ1n) is 10.1. The molecule has 1 aromatic heterocycles. The zero-order valence-corrected chi connectivity index (χ0v) is 16.7. The van der Waals surface area contributed by atoms with E-state index in [0.717, 1.165) is 24.8 Å². The zero-order valence-electron chi connectivity index (χ0n) is 16.7. The maximum Gasteiger partial charge on any atom is 0.312 e. The number of fused-ring (bicyclic) bond motifs is 2. The molecule has 154 valence electrons. The lowest BCUT2D eigenvalue weighted by atomic mass is 9.87. The van der Waals surface area contributed by atoms with Crippen LogP contribution in [0.4, 0.5) is 0 Å². The minimum Gasteiger partial charge on any atom is -0.452 e. The maximum absolute atomic E-state index is 12.6. The van der Waals surface area contributed by atoms with Gasteiger partial charge in [-0.1, -0.05) is 42.5 Å². The van der Waals surface area contributed by atoms with Gasteiger partial charge in [-0.25, -0.2) is 5.10 Å². The van der Waals surface area contributed by atoms with E-state index in [1.54, 1.807) is 31.2 Å². The van der Waals surface area contributed by atoms with Crippen LogP contribution >= 0.6 is 0 Å². The normalized spacial score (nSPS) is 16.5. The molecule has 2 N–H and O–H groups in total. The topological polar surface area (TPSA) is 101 Å². The maximum atomic E-state index is 12.6. The number of hydrogen-bond donors (Lipinski definition) is 2. The van der Waals surface area contributed by atoms with E-state index in [1.165, 1.54) is 5.56 Å². The lowest BCUT2D eigenvalue weighted by molar-refractivity contribution is -0.154. The molecular weight excluding hydrogens is 382 g/mol. The molecule has 0 unspecified atom stereocenters. The van der Waals surface area contributed by atoms with Crippen molar-refractivity contribution in [3.05, 3.63) is 75.7 Å². The Bertz CT molecular complexity index is 1150. The minimum absolute atomic E-state index is 0.0755. The third kappa shape index (κ3) is 4.10. The summed E-state index contributed by atoms with van der Waals surface area (Å²) in [6.45, 7) is 1.56. The number of rotatable bonds is 5. The van der Waals surface area contributed by atoms with Gasteiger partial charge in [-0.15, -0.1) is 0 Å². The summed E-state index contributed by atoms with van der Waals surface area (Å²) < 4.78 is 5.34. The Balaban J connectivity index is 1.40. The van der Waals surface area contributed by atoms with Crippen LogP contribution in [-0.2, 0) is 27.2 Å². The number of carbonyl (C=O) groups excluding carboxylic acids is 2. The number of aryl methyl sites for hydroxylation is 1. The molecule has 0 spiro atoms. The molecule has 1 heterocycles. The number of hydrogen-bond acceptors (Lipinski definition) is 5. The molecule has 0 aliphatic heterocycles. The average Bonchev–Trinajstić information content (AvgIpc) is 2.76. The summed E-state index contributed by atoms with van der Waals surface area (Å²) in [5.41, 5.74) is 2.46. The van der Waals surface area contributed by atoms with Gasteiger partial charge in [-0.05, 0) is 43.4 Å². The monoisotopic (exact) mass is 405 g/mol. The van der Waals surface area contributed by atoms with Crippen molar-refractivity contribution in [2.24, 2.45) is 0 Å². The Morgan fingerprint density at radius 3 is 2.73 bits per heavy atom. The second-order valence-corrected chi connectivity index (χ2v) is 7.51. The van der Waals surface area contributed by atoms with E-state index in [2.05, 4.69) is 21.6 Å². The fraction of sp³-hybridized carbons (Fsp3) is 0.304. The van der Waals surface area contributed by atoms with Crippen molar-refractivity contribution in [2.45, 2.75) is 44.8 Å². The highest BCUT2D eigenvalue weighted by atomic mass is 16.5. The van der Waals surface area contributed by atoms with Crippen LogP contribution in [0, 0.1) is 0 Å². The van der Waals surface area contributed by atoms with E-state index in [-0.39, 0.29) is 23.9 Å². The summed E-state index contributed by atoms with van der Waals surface area (Å²) in [4.78, 5) is 36.9. The fourth-order valence-corrected chi connectivity index (χ4v) is 3.93. The standard InChI is InChI=1S/C23H23N3O4/c1-14(22(28)24-19-12-6-8-15-7-2-3-9-16(15)19)30-21(27)13-20-17-10-4-5-11-18(17)23(29)26-25-20/h2-5,7,9-11,14,19H,6,8,12-13H2,1H3,(H,24,28)(H,26,29)/t14-,19+/m1/s1. The van der Waals surface area contributed by atoms with Crippen LogP contribution in [-0.4, -0.2) is 28.2 Å². The zero-order chi connectivity index (χ0) is 21.1. The third-order valence-electron chi connectivity index (χ3n) is 5.45. The van der Waals surface area contributed by atoms with Crippen LogP contribution in [0.1, 0.15) is 42.6 Å². The molecule has 7 heteroatoms. The van der Waals surface area contributed by atoms with Gasteiger partial charge >= 0.3 is 5.97 Å². The van der Waals surface area contributed by atoms with E-state index in [1.807, 2.05) is 18.2 Å². The summed E-state index contributed by atoms with van der Waals surface area (Å²) in [5.74, 6) is -0.907. The van der Waals surface area contributed by atoms with E-state index >= 15 is 0 Å². The van der Waals surface area contributed by atoms with Crippen molar-refractivity contribution in [1.29, 1.82) is 0 Å². The molecule has 1 aliphatic carbocycles. The van der Waals surface area contributed by atoms with Gasteiger partial charge in [0.1, 0.15) is 0 Å². The third-order valence-corrected chi connectivity index (χ3v) is 5.45. The highest BCUT2D eigenvalue weighted by Gasteiger charge is 2.25. The van der Waals surface area contributed by atoms with Crippen LogP contribution in [0.25, 0.3) is 10.8 Å². The van der Waals surface area contributed by atoms with Crippen molar-refractivity contribution in [2.75, 3.05) is 0 Å². The Hall–Kier alpha value is -3.48. The predicted molar refractivity (Wildman–Crippen MR) is 112 cm³/mol. The first-order chi connectivity index (χ1) is 14.5. The van der Waals surface area contributed by atoms with Crippen LogP contribution < -0.4 is 10.9 Å². The summed E-state index contributed by atoms with van der Waals surface area (Å²) in [6.07, 6.45) is 1.80. The van der Waals surface area contributed by atoms with Gasteiger partial charge in [0.25, 0.3) is 11.5 Å². The second-order valence-electron chi connectivity index (χ2n) is 7.51. The molecule has 1 amide bonds. The van der Waals surface area contributed by atoms with Crippen molar-refractivity contribution in [1.82, 2.24) is 15.5 Å². The minimum atomic E-state index is -0.930. The number of aromatic amines is 1. The molecule has 0 bridgehead atoms. The number of esters is 1. The second kappa shape index (κ2) is 8.49. The van der Waals surface area contributed by atoms with E-state index in [9.17, 15) is 14.4 Å². The highest BCUT2D eigenvalue weighted by molar-refractivity contribution is 5.88. The predicted octanol–water partition coefficient (Wildman–Crippen LogP) is 2.59. The fourth-order valence-electron chi connectivity index (χ4n) is 3.93. The largest absolute Gasteiger partial charge is 0.452 e. The molecule has 0 fully saturated rings. The summed E-state index contributed by atoms with van der Waals surface area (Å²) >= 11 is 0. The number of amides is 1. The first kappa shape index (κ1) is 19.8. The highest BCUT2D eigenvalue weighted by Crippen LogP contribution is 2.29. The molecule has 7 nitrogen and oxygen atoms in total. The molecule has 0 radical (unpaired) electrons. The molecule has 2 atom stereocenters. The Morgan fingerprint density at radius 2 is 1.90 bits per heavy atom. The van der Waals surface area contributed by atoms with Gasteiger partial charge in [-0.2, -0.15) is 5.10 Å². The van der Waals surface area contributed by atoms with Crippen molar-refractivity contribution in [3.63, 3.8) is 0 Å². The summed E-state index contributed by atoms with van der Waals surface area (Å²) in [7, 11) is 0. The number of aromatic nitrogens is 2. The molecule has 0 saturated heterocycles. The number of H-pyrrole nitrogens is 1. The van der Waals surface area contributed by atoms with Crippen molar-refractivity contribution in [3.8, 4) is 0 Å². The SMILES string of the molecule is C[C@@H](OC(=O)Cc1n[nH]c(=O)c2ccccc12)C(=O)N[C@H]1CCCc2ccccc21. The molecule has 4 rings (SSSR count). The summed E-state index contributed by atoms with van der Waals surface area (Å²) in [5, 5.41) is 10.4. The molecule has 3 aromatic rings. The first-order valence-corrected chi connectivity index (χ1v) is 10.1. The Labute approximate surface area is 173 Å². The quantitative estimate of drug-likeness (QED) is 0.636. The smallest absolute Gasteiger partial charge is 0.312 e. The van der Waals surface area contributed by atoms with Gasteiger partial charge in [-0.3, -0.25) is 14.4 Å². The Morgan fingerprint density at radius 1 is 1.17 bits per heavy atom. The van der Waals surface area contributed by atoms with Gasteiger partial charge in [0.2, 0.25) is 0 Å². The lowest BCUT2D eigenvalue weighted by Crippen LogP contribution is -2.39. The van der Waals surface area contributed by atoms with Crippen LogP contribution in [0.2, 0.25) is 0 Å². The Kier molecular flexibility index (Phi) is 5.61. The van der Waals surface area contributed by atoms with Gasteiger partial charge < -0.3 is 10.1 Å². The number of ether oxygens (including phenoxy) is 1. The number of nitrogens with one attached hydrogen (secondary N) is 2. The molecule has 30 heavy (non-hydrogen) atoms. The van der Waals surface area contributed by atoms with Crippen LogP contribution in [0.15, 0.2) is 53.3 Å². The lowest BCUT2D eigenvalue weighted by Gasteiger charge is -2.27. The van der Waals surface area contributed by atoms with Gasteiger partial charge in [0, 0.05) is 5.39 Å². The number of nitrogens with zero attached hydrogens (tertiary/aromatic N) is 1. The van der Waals surface area contributed by atoms with E-state index < -0.39 is 12.1 Å². The van der Waals surface area contributed by atoms with E-state index in [0.29, 0.717) is 16.5 Å². The van der Waals surface area contributed by atoms with Gasteiger partial charge in [0.15, 0.2) is 6.10 Å². The molecule has 0 saturated carbocycles. The molecule has 1 aliphatic rings. The van der Waals surface area contributed by atoms with Crippen LogP contribution in [0.3, 0.4) is 0 Å². The van der Waals surface area contributed by atoms with E-state index in [4.69, 9.17) is 4.74 Å². The van der Waals surface area contributed by atoms with Crippen molar-refractivity contribution < 1.29 is 14.3 Å². The molecule has 2 aromatic carbocycles. The number of carbonyl (C=O) groups is 2. The van der Waals surface area contributed by atoms with Gasteiger partial charge in [0.05, 0.1) is 23.5 Å². The molecular formula is C23H23N3O4. The van der Waals surface area contributed by atoms with Crippen LogP contribution in [0.5, 0.6) is 0 Å². The van der Waals surface area contributed by atoms with Crippen molar-refractivity contribution >= 4 is 22.6 Å². The average molecular weight is 405 g/mol.